The van der Waals surface area contributed by atoms with Crippen molar-refractivity contribution in [1.29, 1.82) is 0 Å². The SMILES string of the molecule is O=C(CNC(=O)CNC(=O)OCC1c2ccccc2-c2ccccc21)NC[C@H]1CCC[C@H]1C(=O)O. The first-order chi connectivity index (χ1) is 16.9. The van der Waals surface area contributed by atoms with Gasteiger partial charge in [0.1, 0.15) is 13.2 Å². The van der Waals surface area contributed by atoms with Crippen LogP contribution in [0.5, 0.6) is 0 Å². The molecule has 184 valence electrons. The second-order valence-corrected chi connectivity index (χ2v) is 8.90. The summed E-state index contributed by atoms with van der Waals surface area (Å²) in [7, 11) is 0. The highest BCUT2D eigenvalue weighted by Crippen LogP contribution is 2.44. The number of fused-ring (bicyclic) bond motifs is 3. The lowest BCUT2D eigenvalue weighted by molar-refractivity contribution is -0.143. The fourth-order valence-corrected chi connectivity index (χ4v) is 4.96. The summed E-state index contributed by atoms with van der Waals surface area (Å²) in [5.74, 6) is -2.39. The Labute approximate surface area is 203 Å². The molecule has 2 aromatic carbocycles. The average molecular weight is 480 g/mol. The van der Waals surface area contributed by atoms with E-state index in [-0.39, 0.29) is 38.1 Å². The summed E-state index contributed by atoms with van der Waals surface area (Å²) < 4.78 is 5.38. The van der Waals surface area contributed by atoms with Crippen molar-refractivity contribution in [2.24, 2.45) is 11.8 Å². The highest BCUT2D eigenvalue weighted by atomic mass is 16.5. The van der Waals surface area contributed by atoms with E-state index in [0.717, 1.165) is 35.1 Å². The van der Waals surface area contributed by atoms with Crippen LogP contribution in [0.1, 0.15) is 36.3 Å². The first kappa shape index (κ1) is 24.3. The summed E-state index contributed by atoms with van der Waals surface area (Å²) in [5, 5.41) is 16.7. The lowest BCUT2D eigenvalue weighted by Gasteiger charge is -2.16. The average Bonchev–Trinajstić information content (AvgIpc) is 3.46. The van der Waals surface area contributed by atoms with Crippen molar-refractivity contribution in [3.63, 3.8) is 0 Å². The van der Waals surface area contributed by atoms with Crippen molar-refractivity contribution in [2.75, 3.05) is 26.2 Å². The normalized spacial score (nSPS) is 18.3. The van der Waals surface area contributed by atoms with E-state index >= 15 is 0 Å². The molecule has 2 aromatic rings. The third-order valence-corrected chi connectivity index (χ3v) is 6.72. The van der Waals surface area contributed by atoms with Gasteiger partial charge in [0.2, 0.25) is 11.8 Å². The van der Waals surface area contributed by atoms with E-state index in [9.17, 15) is 24.3 Å². The standard InChI is InChI=1S/C26H29N3O6/c30-23(27-12-16-6-5-11-17(16)25(32)33)13-28-24(31)14-29-26(34)35-15-22-20-9-3-1-7-18(20)19-8-2-4-10-21(19)22/h1-4,7-10,16-17,22H,5-6,11-15H2,(H,27,30)(H,28,31)(H,29,34)(H,32,33)/t16-,17-/m1/s1. The summed E-state index contributed by atoms with van der Waals surface area (Å²) >= 11 is 0. The number of carbonyl (C=O) groups is 4. The zero-order valence-corrected chi connectivity index (χ0v) is 19.3. The third-order valence-electron chi connectivity index (χ3n) is 6.72. The summed E-state index contributed by atoms with van der Waals surface area (Å²) in [5.41, 5.74) is 4.44. The largest absolute Gasteiger partial charge is 0.481 e. The van der Waals surface area contributed by atoms with Gasteiger partial charge in [-0.25, -0.2) is 4.79 Å². The number of nitrogens with one attached hydrogen (secondary N) is 3. The monoisotopic (exact) mass is 479 g/mol. The van der Waals surface area contributed by atoms with Crippen LogP contribution < -0.4 is 16.0 Å². The van der Waals surface area contributed by atoms with E-state index in [0.29, 0.717) is 6.42 Å². The molecular weight excluding hydrogens is 450 g/mol. The fraction of sp³-hybridized carbons (Fsp3) is 0.385. The number of rotatable bonds is 9. The number of carboxylic acids is 1. The van der Waals surface area contributed by atoms with Crippen LogP contribution in [0.3, 0.4) is 0 Å². The first-order valence-electron chi connectivity index (χ1n) is 11.8. The van der Waals surface area contributed by atoms with Crippen LogP contribution >= 0.6 is 0 Å². The van der Waals surface area contributed by atoms with Crippen molar-refractivity contribution in [1.82, 2.24) is 16.0 Å². The van der Waals surface area contributed by atoms with Crippen molar-refractivity contribution in [3.8, 4) is 11.1 Å². The number of aliphatic carboxylic acids is 1. The van der Waals surface area contributed by atoms with Crippen molar-refractivity contribution < 1.29 is 29.0 Å². The van der Waals surface area contributed by atoms with Crippen molar-refractivity contribution >= 4 is 23.9 Å². The molecule has 1 fully saturated rings. The number of carbonyl (C=O) groups excluding carboxylic acids is 3. The Morgan fingerprint density at radius 1 is 0.829 bits per heavy atom. The van der Waals surface area contributed by atoms with Crippen LogP contribution in [0.25, 0.3) is 11.1 Å². The maximum absolute atomic E-state index is 12.2. The molecule has 3 amide bonds. The summed E-state index contributed by atoms with van der Waals surface area (Å²) in [6.07, 6.45) is 1.49. The van der Waals surface area contributed by atoms with Crippen molar-refractivity contribution in [2.45, 2.75) is 25.2 Å². The molecule has 0 radical (unpaired) electrons. The first-order valence-corrected chi connectivity index (χ1v) is 11.8. The second kappa shape index (κ2) is 11.0. The smallest absolute Gasteiger partial charge is 0.407 e. The molecule has 2 atom stereocenters. The quantitative estimate of drug-likeness (QED) is 0.436. The Morgan fingerprint density at radius 2 is 1.43 bits per heavy atom. The van der Waals surface area contributed by atoms with Gasteiger partial charge in [-0.2, -0.15) is 0 Å². The van der Waals surface area contributed by atoms with E-state index in [1.165, 1.54) is 0 Å². The van der Waals surface area contributed by atoms with E-state index in [1.807, 2.05) is 48.5 Å². The number of hydrogen-bond acceptors (Lipinski definition) is 5. The van der Waals surface area contributed by atoms with Gasteiger partial charge < -0.3 is 25.8 Å². The lowest BCUT2D eigenvalue weighted by Crippen LogP contribution is -2.43. The molecular formula is C26H29N3O6. The van der Waals surface area contributed by atoms with Crippen LogP contribution in [0, 0.1) is 11.8 Å². The van der Waals surface area contributed by atoms with Gasteiger partial charge in [-0.05, 0) is 41.0 Å². The molecule has 0 aromatic heterocycles. The molecule has 9 nitrogen and oxygen atoms in total. The predicted octanol–water partition coefficient (Wildman–Crippen LogP) is 2.26. The molecule has 1 saturated carbocycles. The van der Waals surface area contributed by atoms with Gasteiger partial charge in [-0.1, -0.05) is 55.0 Å². The highest BCUT2D eigenvalue weighted by Gasteiger charge is 2.33. The maximum atomic E-state index is 12.2. The Bertz CT molecular complexity index is 1070. The molecule has 0 heterocycles. The Kier molecular flexibility index (Phi) is 7.64. The zero-order chi connectivity index (χ0) is 24.8. The Hall–Kier alpha value is -3.88. The predicted molar refractivity (Wildman–Crippen MR) is 128 cm³/mol. The van der Waals surface area contributed by atoms with Gasteiger partial charge in [-0.3, -0.25) is 14.4 Å². The van der Waals surface area contributed by atoms with Gasteiger partial charge in [0.25, 0.3) is 0 Å². The fourth-order valence-electron chi connectivity index (χ4n) is 4.96. The van der Waals surface area contributed by atoms with Gasteiger partial charge in [0.15, 0.2) is 0 Å². The van der Waals surface area contributed by atoms with Gasteiger partial charge >= 0.3 is 12.1 Å². The van der Waals surface area contributed by atoms with Gasteiger partial charge in [0, 0.05) is 12.5 Å². The maximum Gasteiger partial charge on any atom is 0.407 e. The van der Waals surface area contributed by atoms with Crippen LogP contribution in [0.15, 0.2) is 48.5 Å². The van der Waals surface area contributed by atoms with Crippen LogP contribution in [0.4, 0.5) is 4.79 Å². The van der Waals surface area contributed by atoms with E-state index in [4.69, 9.17) is 4.74 Å². The molecule has 0 bridgehead atoms. The number of benzene rings is 2. The number of hydrogen-bond donors (Lipinski definition) is 4. The third kappa shape index (κ3) is 5.79. The molecule has 0 saturated heterocycles. The lowest BCUT2D eigenvalue weighted by atomic mass is 9.96. The number of carboxylic acid groups (broad SMARTS) is 1. The van der Waals surface area contributed by atoms with E-state index in [1.54, 1.807) is 0 Å². The second-order valence-electron chi connectivity index (χ2n) is 8.90. The van der Waals surface area contributed by atoms with Crippen LogP contribution in [-0.4, -0.2) is 55.2 Å². The Balaban J connectivity index is 1.16. The molecule has 9 heteroatoms. The molecule has 0 aliphatic heterocycles. The molecule has 0 spiro atoms. The number of amides is 3. The highest BCUT2D eigenvalue weighted by molar-refractivity contribution is 5.87. The number of alkyl carbamates (subject to hydrolysis) is 1. The molecule has 35 heavy (non-hydrogen) atoms. The summed E-state index contributed by atoms with van der Waals surface area (Å²) in [4.78, 5) is 47.4. The van der Waals surface area contributed by atoms with E-state index in [2.05, 4.69) is 16.0 Å². The topological polar surface area (TPSA) is 134 Å². The minimum atomic E-state index is -0.839. The van der Waals surface area contributed by atoms with Crippen LogP contribution in [-0.2, 0) is 19.1 Å². The van der Waals surface area contributed by atoms with Gasteiger partial charge in [-0.15, -0.1) is 0 Å². The summed E-state index contributed by atoms with van der Waals surface area (Å²) in [6, 6.07) is 16.0. The van der Waals surface area contributed by atoms with Crippen LogP contribution in [0.2, 0.25) is 0 Å². The molecule has 4 N–H and O–H groups in total. The number of ether oxygens (including phenoxy) is 1. The molecule has 2 aliphatic carbocycles. The molecule has 0 unspecified atom stereocenters. The zero-order valence-electron chi connectivity index (χ0n) is 19.3. The van der Waals surface area contributed by atoms with Gasteiger partial charge in [0.05, 0.1) is 12.5 Å². The summed E-state index contributed by atoms with van der Waals surface area (Å²) in [6.45, 7) is -0.171. The Morgan fingerprint density at radius 3 is 2.09 bits per heavy atom. The minimum absolute atomic E-state index is 0.0775. The minimum Gasteiger partial charge on any atom is -0.481 e. The molecule has 2 aliphatic rings. The van der Waals surface area contributed by atoms with Crippen molar-refractivity contribution in [3.05, 3.63) is 59.7 Å². The van der Waals surface area contributed by atoms with E-state index < -0.39 is 29.8 Å². The molecule has 4 rings (SSSR count).